The lowest BCUT2D eigenvalue weighted by Crippen LogP contribution is -2.15. The summed E-state index contributed by atoms with van der Waals surface area (Å²) in [5.74, 6) is -1.64. The Morgan fingerprint density at radius 2 is 1.95 bits per heavy atom. The first kappa shape index (κ1) is 16.5. The Morgan fingerprint density at radius 3 is 2.45 bits per heavy atom. The number of alkyl halides is 4. The van der Waals surface area contributed by atoms with E-state index in [1.165, 1.54) is 0 Å². The molecule has 1 aromatic rings. The first-order chi connectivity index (χ1) is 9.31. The molecule has 0 saturated carbocycles. The van der Waals surface area contributed by atoms with Gasteiger partial charge < -0.3 is 4.74 Å². The maximum absolute atomic E-state index is 12.8. The van der Waals surface area contributed by atoms with Crippen molar-refractivity contribution in [1.29, 1.82) is 0 Å². The van der Waals surface area contributed by atoms with E-state index < -0.39 is 29.1 Å². The van der Waals surface area contributed by atoms with Crippen LogP contribution in [0.3, 0.4) is 0 Å². The minimum Gasteiger partial charge on any atom is -0.462 e. The highest BCUT2D eigenvalue weighted by Crippen LogP contribution is 2.33. The van der Waals surface area contributed by atoms with Crippen molar-refractivity contribution < 1.29 is 27.5 Å². The molecule has 0 bridgehead atoms. The van der Waals surface area contributed by atoms with Crippen molar-refractivity contribution in [3.05, 3.63) is 34.9 Å². The molecular formula is C13H12ClF3O3. The SMILES string of the molecule is CCOC(=O)c1ccc(C(F)(F)F)c(C(=O)CCCl)c1. The number of Topliss-reactive ketones (excluding diaryl/α,β-unsaturated/α-hetero) is 1. The van der Waals surface area contributed by atoms with Gasteiger partial charge in [0.15, 0.2) is 5.78 Å². The smallest absolute Gasteiger partial charge is 0.417 e. The molecule has 0 atom stereocenters. The van der Waals surface area contributed by atoms with E-state index in [2.05, 4.69) is 0 Å². The Balaban J connectivity index is 3.29. The Hall–Kier alpha value is -1.56. The number of hydrogen-bond acceptors (Lipinski definition) is 3. The second-order valence-electron chi connectivity index (χ2n) is 3.84. The van der Waals surface area contributed by atoms with E-state index in [1.807, 2.05) is 0 Å². The van der Waals surface area contributed by atoms with Crippen LogP contribution in [0.2, 0.25) is 0 Å². The molecule has 0 amide bonds. The number of benzene rings is 1. The topological polar surface area (TPSA) is 43.4 Å². The normalized spacial score (nSPS) is 11.2. The monoisotopic (exact) mass is 308 g/mol. The molecule has 0 N–H and O–H groups in total. The molecule has 110 valence electrons. The first-order valence-electron chi connectivity index (χ1n) is 5.78. The Morgan fingerprint density at radius 1 is 1.30 bits per heavy atom. The summed E-state index contributed by atoms with van der Waals surface area (Å²) in [5.41, 5.74) is -1.75. The lowest BCUT2D eigenvalue weighted by Gasteiger charge is -2.13. The van der Waals surface area contributed by atoms with Gasteiger partial charge in [0.05, 0.1) is 17.7 Å². The summed E-state index contributed by atoms with van der Waals surface area (Å²) in [4.78, 5) is 23.2. The predicted octanol–water partition coefficient (Wildman–Crippen LogP) is 3.69. The van der Waals surface area contributed by atoms with Gasteiger partial charge in [-0.1, -0.05) is 0 Å². The second kappa shape index (κ2) is 6.74. The van der Waals surface area contributed by atoms with Crippen LogP contribution >= 0.6 is 11.6 Å². The average molecular weight is 309 g/mol. The fraction of sp³-hybridized carbons (Fsp3) is 0.385. The number of hydrogen-bond donors (Lipinski definition) is 0. The molecule has 0 aliphatic heterocycles. The lowest BCUT2D eigenvalue weighted by molar-refractivity contribution is -0.137. The highest BCUT2D eigenvalue weighted by atomic mass is 35.5. The van der Waals surface area contributed by atoms with E-state index in [4.69, 9.17) is 16.3 Å². The maximum atomic E-state index is 12.8. The largest absolute Gasteiger partial charge is 0.462 e. The van der Waals surface area contributed by atoms with Crippen molar-refractivity contribution in [3.8, 4) is 0 Å². The summed E-state index contributed by atoms with van der Waals surface area (Å²) in [6.07, 6.45) is -4.92. The van der Waals surface area contributed by atoms with Crippen LogP contribution in [-0.2, 0) is 10.9 Å². The molecular weight excluding hydrogens is 297 g/mol. The molecule has 20 heavy (non-hydrogen) atoms. The zero-order chi connectivity index (χ0) is 15.3. The predicted molar refractivity (Wildman–Crippen MR) is 67.1 cm³/mol. The highest BCUT2D eigenvalue weighted by molar-refractivity contribution is 6.19. The molecule has 0 aliphatic rings. The Labute approximate surface area is 118 Å². The molecule has 0 aliphatic carbocycles. The van der Waals surface area contributed by atoms with Crippen molar-refractivity contribution in [2.45, 2.75) is 19.5 Å². The third-order valence-corrected chi connectivity index (χ3v) is 2.65. The van der Waals surface area contributed by atoms with Gasteiger partial charge in [0.2, 0.25) is 0 Å². The van der Waals surface area contributed by atoms with Crippen LogP contribution in [0.25, 0.3) is 0 Å². The van der Waals surface area contributed by atoms with Gasteiger partial charge in [-0.3, -0.25) is 4.79 Å². The fourth-order valence-electron chi connectivity index (χ4n) is 1.58. The standard InChI is InChI=1S/C13H12ClF3O3/c1-2-20-12(19)8-3-4-10(13(15,16)17)9(7-8)11(18)5-6-14/h3-4,7H,2,5-6H2,1H3. The van der Waals surface area contributed by atoms with Gasteiger partial charge in [-0.05, 0) is 25.1 Å². The number of ketones is 1. The minimum absolute atomic E-state index is 0.0881. The molecule has 3 nitrogen and oxygen atoms in total. The molecule has 7 heteroatoms. The summed E-state index contributed by atoms with van der Waals surface area (Å²) in [6, 6.07) is 2.59. The van der Waals surface area contributed by atoms with Crippen LogP contribution in [0.15, 0.2) is 18.2 Å². The summed E-state index contributed by atoms with van der Waals surface area (Å²) < 4.78 is 43.2. The minimum atomic E-state index is -4.68. The third-order valence-electron chi connectivity index (χ3n) is 2.46. The number of ether oxygens (including phenoxy) is 1. The molecule has 0 unspecified atom stereocenters. The average Bonchev–Trinajstić information content (AvgIpc) is 2.37. The van der Waals surface area contributed by atoms with E-state index in [0.29, 0.717) is 6.07 Å². The number of carbonyl (C=O) groups excluding carboxylic acids is 2. The van der Waals surface area contributed by atoms with E-state index in [1.54, 1.807) is 6.92 Å². The Kier molecular flexibility index (Phi) is 5.56. The van der Waals surface area contributed by atoms with Gasteiger partial charge in [-0.25, -0.2) is 4.79 Å². The molecule has 1 rings (SSSR count). The van der Waals surface area contributed by atoms with Crippen molar-refractivity contribution in [2.24, 2.45) is 0 Å². The van der Waals surface area contributed by atoms with Crippen LogP contribution in [-0.4, -0.2) is 24.2 Å². The molecule has 1 aromatic carbocycles. The van der Waals surface area contributed by atoms with Crippen LogP contribution < -0.4 is 0 Å². The fourth-order valence-corrected chi connectivity index (χ4v) is 1.76. The van der Waals surface area contributed by atoms with Crippen molar-refractivity contribution in [2.75, 3.05) is 12.5 Å². The maximum Gasteiger partial charge on any atom is 0.417 e. The number of rotatable bonds is 5. The second-order valence-corrected chi connectivity index (χ2v) is 4.22. The number of halogens is 4. The molecule has 0 fully saturated rings. The molecule has 0 radical (unpaired) electrons. The lowest BCUT2D eigenvalue weighted by atomic mass is 9.98. The van der Waals surface area contributed by atoms with Crippen LogP contribution in [0.4, 0.5) is 13.2 Å². The molecule has 0 saturated heterocycles. The van der Waals surface area contributed by atoms with Gasteiger partial charge in [0, 0.05) is 17.9 Å². The van der Waals surface area contributed by atoms with E-state index >= 15 is 0 Å². The first-order valence-corrected chi connectivity index (χ1v) is 6.32. The van der Waals surface area contributed by atoms with Crippen molar-refractivity contribution in [1.82, 2.24) is 0 Å². The third kappa shape index (κ3) is 3.96. The van der Waals surface area contributed by atoms with Gasteiger partial charge in [0.1, 0.15) is 0 Å². The van der Waals surface area contributed by atoms with Crippen LogP contribution in [0, 0.1) is 0 Å². The summed E-state index contributed by atoms with van der Waals surface area (Å²) >= 11 is 5.37. The summed E-state index contributed by atoms with van der Waals surface area (Å²) in [5, 5.41) is 0. The Bertz CT molecular complexity index is 512. The summed E-state index contributed by atoms with van der Waals surface area (Å²) in [6.45, 7) is 1.66. The molecule has 0 spiro atoms. The van der Waals surface area contributed by atoms with Gasteiger partial charge in [-0.2, -0.15) is 13.2 Å². The summed E-state index contributed by atoms with van der Waals surface area (Å²) in [7, 11) is 0. The number of esters is 1. The van der Waals surface area contributed by atoms with E-state index in [9.17, 15) is 22.8 Å². The number of carbonyl (C=O) groups is 2. The van der Waals surface area contributed by atoms with Gasteiger partial charge in [-0.15, -0.1) is 11.6 Å². The van der Waals surface area contributed by atoms with E-state index in [0.717, 1.165) is 12.1 Å². The van der Waals surface area contributed by atoms with Crippen molar-refractivity contribution in [3.63, 3.8) is 0 Å². The van der Waals surface area contributed by atoms with Crippen LogP contribution in [0.1, 0.15) is 39.6 Å². The van der Waals surface area contributed by atoms with Crippen LogP contribution in [0.5, 0.6) is 0 Å². The van der Waals surface area contributed by atoms with Crippen molar-refractivity contribution >= 4 is 23.4 Å². The quantitative estimate of drug-likeness (QED) is 0.473. The molecule has 0 aromatic heterocycles. The van der Waals surface area contributed by atoms with E-state index in [-0.39, 0.29) is 24.5 Å². The zero-order valence-electron chi connectivity index (χ0n) is 10.6. The van der Waals surface area contributed by atoms with Gasteiger partial charge in [0.25, 0.3) is 0 Å². The zero-order valence-corrected chi connectivity index (χ0v) is 11.3. The highest BCUT2D eigenvalue weighted by Gasteiger charge is 2.35. The van der Waals surface area contributed by atoms with Gasteiger partial charge >= 0.3 is 12.1 Å². The molecule has 0 heterocycles.